The van der Waals surface area contributed by atoms with Crippen molar-refractivity contribution in [2.24, 2.45) is 0 Å². The first kappa shape index (κ1) is 55.5. The van der Waals surface area contributed by atoms with Crippen LogP contribution in [0.25, 0.3) is 0 Å². The van der Waals surface area contributed by atoms with E-state index in [9.17, 15) is 24.2 Å². The number of ether oxygens (including phenoxy) is 2. The predicted octanol–water partition coefficient (Wildman–Crippen LogP) is 12.6. The fraction of sp³-hybridized carbons (Fsp3) is 0.870. The summed E-state index contributed by atoms with van der Waals surface area (Å²) in [5, 5.41) is 18.4. The van der Waals surface area contributed by atoms with E-state index >= 15 is 0 Å². The van der Waals surface area contributed by atoms with Gasteiger partial charge >= 0.3 is 19.8 Å². The lowest BCUT2D eigenvalue weighted by Gasteiger charge is -2.20. The highest BCUT2D eigenvalue weighted by Gasteiger charge is 2.27. The SMILES string of the molecule is CCCCCCCC/C=C\CCCCCCCCCC(=O)OC[C@H](COP(=O)(O)OC[C@@H](O)CO)OC(=O)CCCCCCCCC/C=C\CCCCCCCC. The molecule has 0 aromatic rings. The zero-order valence-corrected chi connectivity index (χ0v) is 37.5. The Hall–Kier alpha value is -1.55. The third kappa shape index (κ3) is 42.4. The molecule has 336 valence electrons. The van der Waals surface area contributed by atoms with E-state index in [0.717, 1.165) is 51.4 Å². The van der Waals surface area contributed by atoms with Crippen molar-refractivity contribution in [2.45, 2.75) is 232 Å². The number of carbonyl (C=O) groups is 2. The van der Waals surface area contributed by atoms with Gasteiger partial charge in [-0.25, -0.2) is 4.57 Å². The van der Waals surface area contributed by atoms with Crippen molar-refractivity contribution in [3.63, 3.8) is 0 Å². The molecular weight excluding hydrogens is 743 g/mol. The number of aliphatic hydroxyl groups excluding tert-OH is 2. The molecule has 3 atom stereocenters. The number of esters is 2. The first-order valence-electron chi connectivity index (χ1n) is 23.3. The van der Waals surface area contributed by atoms with E-state index < -0.39 is 51.8 Å². The standard InChI is InChI=1S/C46H87O10P/c1-3-5-7-9-11-13-15-17-19-21-23-25-27-29-31-33-35-37-45(49)53-41-44(42-55-57(51,52)54-40-43(48)39-47)56-46(50)38-36-34-32-30-28-26-24-22-20-18-16-14-12-10-8-6-4-2/h17-20,43-44,47-48H,3-16,21-42H2,1-2H3,(H,51,52)/b19-17-,20-18-/t43-,44+/m0/s1. The fourth-order valence-electron chi connectivity index (χ4n) is 6.45. The smallest absolute Gasteiger partial charge is 0.462 e. The van der Waals surface area contributed by atoms with Crippen LogP contribution in [0.1, 0.15) is 219 Å². The van der Waals surface area contributed by atoms with Gasteiger partial charge in [-0.1, -0.05) is 167 Å². The lowest BCUT2D eigenvalue weighted by Crippen LogP contribution is -2.29. The van der Waals surface area contributed by atoms with Gasteiger partial charge in [0.1, 0.15) is 12.7 Å². The second-order valence-electron chi connectivity index (χ2n) is 15.8. The van der Waals surface area contributed by atoms with E-state index in [0.29, 0.717) is 12.8 Å². The fourth-order valence-corrected chi connectivity index (χ4v) is 7.24. The average Bonchev–Trinajstić information content (AvgIpc) is 3.20. The molecule has 0 spiro atoms. The summed E-state index contributed by atoms with van der Waals surface area (Å²) in [4.78, 5) is 35.1. The number of hydrogen-bond donors (Lipinski definition) is 3. The van der Waals surface area contributed by atoms with Crippen LogP contribution in [0, 0.1) is 0 Å². The van der Waals surface area contributed by atoms with Gasteiger partial charge in [0.25, 0.3) is 0 Å². The molecule has 0 aliphatic rings. The van der Waals surface area contributed by atoms with Gasteiger partial charge in [-0.2, -0.15) is 0 Å². The number of unbranched alkanes of at least 4 members (excludes halogenated alkanes) is 26. The summed E-state index contributed by atoms with van der Waals surface area (Å²) >= 11 is 0. The van der Waals surface area contributed by atoms with Gasteiger partial charge in [0.15, 0.2) is 6.10 Å². The average molecular weight is 831 g/mol. The Morgan fingerprint density at radius 2 is 0.860 bits per heavy atom. The summed E-state index contributed by atoms with van der Waals surface area (Å²) < 4.78 is 32.8. The Kier molecular flexibility index (Phi) is 41.4. The predicted molar refractivity (Wildman–Crippen MR) is 233 cm³/mol. The molecule has 0 aliphatic carbocycles. The number of allylic oxidation sites excluding steroid dienone is 4. The summed E-state index contributed by atoms with van der Waals surface area (Å²) in [7, 11) is -4.62. The maximum atomic E-state index is 12.6. The van der Waals surface area contributed by atoms with Gasteiger partial charge in [0.05, 0.1) is 19.8 Å². The van der Waals surface area contributed by atoms with Crippen molar-refractivity contribution < 1.29 is 47.8 Å². The van der Waals surface area contributed by atoms with Crippen LogP contribution in [0.3, 0.4) is 0 Å². The van der Waals surface area contributed by atoms with Crippen molar-refractivity contribution in [3.05, 3.63) is 24.3 Å². The van der Waals surface area contributed by atoms with E-state index in [1.54, 1.807) is 0 Å². The van der Waals surface area contributed by atoms with Gasteiger partial charge < -0.3 is 24.6 Å². The van der Waals surface area contributed by atoms with E-state index in [1.165, 1.54) is 128 Å². The van der Waals surface area contributed by atoms with E-state index in [4.69, 9.17) is 23.6 Å². The van der Waals surface area contributed by atoms with Gasteiger partial charge in [-0.3, -0.25) is 18.6 Å². The second kappa shape index (κ2) is 42.6. The van der Waals surface area contributed by atoms with Crippen LogP contribution in [0.5, 0.6) is 0 Å². The highest BCUT2D eigenvalue weighted by molar-refractivity contribution is 7.47. The Morgan fingerprint density at radius 3 is 1.26 bits per heavy atom. The monoisotopic (exact) mass is 831 g/mol. The molecule has 10 nitrogen and oxygen atoms in total. The summed E-state index contributed by atoms with van der Waals surface area (Å²) in [6, 6.07) is 0. The Labute approximate surface area is 348 Å². The third-order valence-electron chi connectivity index (χ3n) is 10.1. The van der Waals surface area contributed by atoms with Crippen molar-refractivity contribution in [1.29, 1.82) is 0 Å². The van der Waals surface area contributed by atoms with Crippen LogP contribution in [0.4, 0.5) is 0 Å². The normalized spacial score (nSPS) is 14.0. The van der Waals surface area contributed by atoms with Crippen molar-refractivity contribution >= 4 is 19.8 Å². The lowest BCUT2D eigenvalue weighted by atomic mass is 10.1. The largest absolute Gasteiger partial charge is 0.472 e. The molecular formula is C46H87O10P. The summed E-state index contributed by atoms with van der Waals surface area (Å²) in [6.45, 7) is 2.39. The van der Waals surface area contributed by atoms with Gasteiger partial charge in [0.2, 0.25) is 0 Å². The highest BCUT2D eigenvalue weighted by Crippen LogP contribution is 2.43. The van der Waals surface area contributed by atoms with Gasteiger partial charge in [-0.05, 0) is 64.2 Å². The Morgan fingerprint density at radius 1 is 0.509 bits per heavy atom. The molecule has 0 bridgehead atoms. The molecule has 3 N–H and O–H groups in total. The molecule has 0 amide bonds. The molecule has 0 saturated heterocycles. The van der Waals surface area contributed by atoms with Gasteiger partial charge in [0, 0.05) is 12.8 Å². The molecule has 0 aliphatic heterocycles. The molecule has 0 saturated carbocycles. The highest BCUT2D eigenvalue weighted by atomic mass is 31.2. The van der Waals surface area contributed by atoms with Crippen LogP contribution in [0.15, 0.2) is 24.3 Å². The minimum absolute atomic E-state index is 0.180. The molecule has 0 aromatic carbocycles. The van der Waals surface area contributed by atoms with Crippen molar-refractivity contribution in [3.8, 4) is 0 Å². The molecule has 57 heavy (non-hydrogen) atoms. The first-order chi connectivity index (χ1) is 27.7. The summed E-state index contributed by atoms with van der Waals surface area (Å²) in [6.07, 6.45) is 42.8. The quantitative estimate of drug-likeness (QED) is 0.0234. The number of aliphatic hydroxyl groups is 2. The van der Waals surface area contributed by atoms with E-state index in [-0.39, 0.29) is 19.4 Å². The topological polar surface area (TPSA) is 149 Å². The third-order valence-corrected chi connectivity index (χ3v) is 11.0. The Balaban J connectivity index is 4.25. The zero-order chi connectivity index (χ0) is 41.9. The molecule has 0 heterocycles. The molecule has 11 heteroatoms. The number of carbonyl (C=O) groups excluding carboxylic acids is 2. The first-order valence-corrected chi connectivity index (χ1v) is 24.8. The molecule has 1 unspecified atom stereocenters. The minimum Gasteiger partial charge on any atom is -0.462 e. The van der Waals surface area contributed by atoms with Gasteiger partial charge in [-0.15, -0.1) is 0 Å². The maximum Gasteiger partial charge on any atom is 0.472 e. The number of phosphoric acid groups is 1. The zero-order valence-electron chi connectivity index (χ0n) is 36.6. The van der Waals surface area contributed by atoms with E-state index in [2.05, 4.69) is 38.2 Å². The Bertz CT molecular complexity index is 1000. The number of phosphoric ester groups is 1. The lowest BCUT2D eigenvalue weighted by molar-refractivity contribution is -0.161. The minimum atomic E-state index is -4.62. The van der Waals surface area contributed by atoms with Crippen LogP contribution >= 0.6 is 7.82 Å². The summed E-state index contributed by atoms with van der Waals surface area (Å²) in [5.74, 6) is -0.927. The van der Waals surface area contributed by atoms with Crippen LogP contribution in [0.2, 0.25) is 0 Å². The number of hydrogen-bond acceptors (Lipinski definition) is 9. The molecule has 0 radical (unpaired) electrons. The van der Waals surface area contributed by atoms with Crippen LogP contribution in [-0.4, -0.2) is 65.7 Å². The van der Waals surface area contributed by atoms with Crippen molar-refractivity contribution in [1.82, 2.24) is 0 Å². The maximum absolute atomic E-state index is 12.6. The molecule has 0 rings (SSSR count). The summed E-state index contributed by atoms with van der Waals surface area (Å²) in [5.41, 5.74) is 0. The van der Waals surface area contributed by atoms with Crippen molar-refractivity contribution in [2.75, 3.05) is 26.4 Å². The second-order valence-corrected chi connectivity index (χ2v) is 17.2. The molecule has 0 aromatic heterocycles. The number of rotatable bonds is 44. The van der Waals surface area contributed by atoms with Crippen LogP contribution in [-0.2, 0) is 32.7 Å². The van der Waals surface area contributed by atoms with E-state index in [1.807, 2.05) is 0 Å². The molecule has 0 fully saturated rings. The van der Waals surface area contributed by atoms with Crippen LogP contribution < -0.4 is 0 Å².